The van der Waals surface area contributed by atoms with Crippen LogP contribution in [0.15, 0.2) is 121 Å². The zero-order chi connectivity index (χ0) is 47.3. The molecule has 6 aromatic rings. The average molecular weight is 887 g/mol. The zero-order valence-electron chi connectivity index (χ0n) is 41.8. The first kappa shape index (κ1) is 48.4. The van der Waals surface area contributed by atoms with Crippen molar-refractivity contribution < 1.29 is 18.9 Å². The Labute approximate surface area is 396 Å². The first-order chi connectivity index (χ1) is 31.2. The van der Waals surface area contributed by atoms with E-state index in [9.17, 15) is 0 Å². The fourth-order valence-electron chi connectivity index (χ4n) is 8.07. The molecule has 0 aromatic heterocycles. The summed E-state index contributed by atoms with van der Waals surface area (Å²) in [5, 5.41) is 7.53. The highest BCUT2D eigenvalue weighted by Gasteiger charge is 2.21. The van der Waals surface area contributed by atoms with Gasteiger partial charge in [0.1, 0.15) is 49.4 Å². The van der Waals surface area contributed by atoms with Gasteiger partial charge < -0.3 is 29.6 Å². The van der Waals surface area contributed by atoms with E-state index in [4.69, 9.17) is 18.9 Å². The normalized spacial score (nSPS) is 14.8. The van der Waals surface area contributed by atoms with Crippen molar-refractivity contribution in [1.82, 2.24) is 10.6 Å². The predicted octanol–water partition coefficient (Wildman–Crippen LogP) is 14.1. The molecule has 348 valence electrons. The number of rotatable bonds is 0. The minimum Gasteiger partial charge on any atom is -0.489 e. The summed E-state index contributed by atoms with van der Waals surface area (Å²) < 4.78 is 26.4. The molecule has 0 aliphatic carbocycles. The molecule has 66 heavy (non-hydrogen) atoms. The minimum atomic E-state index is 0.00174. The SMILES string of the molecule is CC(C)(C)c1ccc2c(c1)CNCc1cc(C(C)(C)C)ccc1OCc1ccc(cc1)COc1ccc(C(C)(C)C)cc1CNCc1cc(C(C)(C)C)ccc1OCc1ccc(cc1)CO2. The lowest BCUT2D eigenvalue weighted by molar-refractivity contribution is 0.296. The minimum absolute atomic E-state index is 0.00174. The molecule has 4 bridgehead atoms. The molecule has 2 N–H and O–H groups in total. The van der Waals surface area contributed by atoms with Gasteiger partial charge in [0.2, 0.25) is 0 Å². The van der Waals surface area contributed by atoms with Crippen LogP contribution in [0.1, 0.15) is 150 Å². The quantitative estimate of drug-likeness (QED) is 0.158. The van der Waals surface area contributed by atoms with Gasteiger partial charge in [0.05, 0.1) is 0 Å². The van der Waals surface area contributed by atoms with Gasteiger partial charge in [-0.1, -0.05) is 180 Å². The summed E-state index contributed by atoms with van der Waals surface area (Å²) in [6, 6.07) is 43.7. The third-order valence-corrected chi connectivity index (χ3v) is 12.6. The largest absolute Gasteiger partial charge is 0.489 e. The van der Waals surface area contributed by atoms with Crippen molar-refractivity contribution in [1.29, 1.82) is 0 Å². The van der Waals surface area contributed by atoms with Gasteiger partial charge in [-0.15, -0.1) is 0 Å². The first-order valence-corrected chi connectivity index (χ1v) is 23.8. The van der Waals surface area contributed by atoms with Crippen LogP contribution in [0.25, 0.3) is 0 Å². The Balaban J connectivity index is 1.19. The standard InChI is InChI=1S/C60H74N2O4/c1-57(2,3)49-21-25-53-45(29-49)33-61-34-46-30-50(58(4,5)6)22-26-54(46)64-38-43-17-19-44(20-18-43)40-66-56-28-24-52(60(10,11)12)32-48(56)36-62-35-47-31-51(59(7,8)9)23-27-55(47)65-39-42-15-13-41(14-16-42)37-63-53/h13-32,61-62H,33-40H2,1-12H3. The summed E-state index contributed by atoms with van der Waals surface area (Å²) in [5.41, 5.74) is 14.0. The van der Waals surface area contributed by atoms with Gasteiger partial charge in [-0.2, -0.15) is 0 Å². The molecule has 0 fully saturated rings. The van der Waals surface area contributed by atoms with E-state index in [1.54, 1.807) is 0 Å². The molecule has 0 spiro atoms. The monoisotopic (exact) mass is 887 g/mol. The van der Waals surface area contributed by atoms with E-state index in [2.05, 4.69) is 215 Å². The van der Waals surface area contributed by atoms with Gasteiger partial charge in [0, 0.05) is 48.4 Å². The summed E-state index contributed by atoms with van der Waals surface area (Å²) in [6.07, 6.45) is 0. The molecule has 10 rings (SSSR count). The lowest BCUT2D eigenvalue weighted by atomic mass is 9.86. The Bertz CT molecular complexity index is 2210. The molecular formula is C60H74N2O4. The second kappa shape index (κ2) is 20.1. The Kier molecular flexibility index (Phi) is 14.7. The fraction of sp³-hybridized carbons (Fsp3) is 0.400. The van der Waals surface area contributed by atoms with E-state index in [1.807, 2.05) is 0 Å². The summed E-state index contributed by atoms with van der Waals surface area (Å²) in [5.74, 6) is 3.53. The highest BCUT2D eigenvalue weighted by molar-refractivity contribution is 5.44. The van der Waals surface area contributed by atoms with E-state index in [0.29, 0.717) is 52.6 Å². The summed E-state index contributed by atoms with van der Waals surface area (Å²) in [4.78, 5) is 0. The van der Waals surface area contributed by atoms with Crippen LogP contribution in [0.2, 0.25) is 0 Å². The molecule has 0 radical (unpaired) electrons. The topological polar surface area (TPSA) is 61.0 Å². The van der Waals surface area contributed by atoms with Crippen LogP contribution in [0.4, 0.5) is 0 Å². The van der Waals surface area contributed by atoms with Gasteiger partial charge in [-0.3, -0.25) is 0 Å². The van der Waals surface area contributed by atoms with Crippen molar-refractivity contribution in [3.8, 4) is 23.0 Å². The smallest absolute Gasteiger partial charge is 0.124 e. The number of benzene rings is 6. The van der Waals surface area contributed by atoms with Gasteiger partial charge in [-0.05, 0) is 90.4 Å². The van der Waals surface area contributed by atoms with Crippen LogP contribution in [0.5, 0.6) is 23.0 Å². The molecule has 6 heteroatoms. The van der Waals surface area contributed by atoms with Crippen molar-refractivity contribution in [3.63, 3.8) is 0 Å². The number of ether oxygens (including phenoxy) is 4. The highest BCUT2D eigenvalue weighted by atomic mass is 16.5. The van der Waals surface area contributed by atoms with Crippen LogP contribution in [0.3, 0.4) is 0 Å². The molecular weight excluding hydrogens is 813 g/mol. The van der Waals surface area contributed by atoms with Crippen LogP contribution >= 0.6 is 0 Å². The van der Waals surface area contributed by atoms with Crippen LogP contribution < -0.4 is 29.6 Å². The summed E-state index contributed by atoms with van der Waals surface area (Å²) in [7, 11) is 0. The summed E-state index contributed by atoms with van der Waals surface area (Å²) in [6.45, 7) is 31.5. The third kappa shape index (κ3) is 12.9. The molecule has 4 aliphatic heterocycles. The van der Waals surface area contributed by atoms with Gasteiger partial charge >= 0.3 is 0 Å². The maximum atomic E-state index is 6.59. The molecule has 0 saturated carbocycles. The van der Waals surface area contributed by atoms with E-state index in [1.165, 1.54) is 22.3 Å². The first-order valence-electron chi connectivity index (χ1n) is 23.8. The van der Waals surface area contributed by atoms with Crippen molar-refractivity contribution in [3.05, 3.63) is 188 Å². The van der Waals surface area contributed by atoms with Crippen molar-refractivity contribution in [2.75, 3.05) is 0 Å². The number of hydrogen-bond donors (Lipinski definition) is 2. The van der Waals surface area contributed by atoms with Crippen LogP contribution in [0, 0.1) is 0 Å². The van der Waals surface area contributed by atoms with E-state index in [-0.39, 0.29) is 21.7 Å². The van der Waals surface area contributed by atoms with Gasteiger partial charge in [-0.25, -0.2) is 0 Å². The second-order valence-electron chi connectivity index (χ2n) is 22.3. The Morgan fingerprint density at radius 1 is 0.288 bits per heavy atom. The van der Waals surface area contributed by atoms with E-state index < -0.39 is 0 Å². The van der Waals surface area contributed by atoms with Crippen LogP contribution in [-0.2, 0) is 74.3 Å². The predicted molar refractivity (Wildman–Crippen MR) is 272 cm³/mol. The van der Waals surface area contributed by atoms with Crippen molar-refractivity contribution in [2.45, 2.75) is 157 Å². The molecule has 6 nitrogen and oxygen atoms in total. The van der Waals surface area contributed by atoms with E-state index >= 15 is 0 Å². The third-order valence-electron chi connectivity index (χ3n) is 12.6. The van der Waals surface area contributed by atoms with Crippen molar-refractivity contribution in [2.24, 2.45) is 0 Å². The Morgan fingerprint density at radius 3 is 0.667 bits per heavy atom. The molecule has 0 amide bonds. The number of nitrogens with one attached hydrogen (secondary N) is 2. The maximum Gasteiger partial charge on any atom is 0.124 e. The Hall–Kier alpha value is -5.56. The molecule has 0 atom stereocenters. The highest BCUT2D eigenvalue weighted by Crippen LogP contribution is 2.34. The van der Waals surface area contributed by atoms with Gasteiger partial charge in [0.15, 0.2) is 0 Å². The summed E-state index contributed by atoms with van der Waals surface area (Å²) >= 11 is 0. The lowest BCUT2D eigenvalue weighted by Gasteiger charge is -2.23. The fourth-order valence-corrected chi connectivity index (χ4v) is 8.07. The Morgan fingerprint density at radius 2 is 0.485 bits per heavy atom. The average Bonchev–Trinajstić information content (AvgIpc) is 3.26. The van der Waals surface area contributed by atoms with Crippen molar-refractivity contribution >= 4 is 0 Å². The molecule has 6 aromatic carbocycles. The van der Waals surface area contributed by atoms with Gasteiger partial charge in [0.25, 0.3) is 0 Å². The second-order valence-corrected chi connectivity index (χ2v) is 22.3. The molecule has 4 heterocycles. The lowest BCUT2D eigenvalue weighted by Crippen LogP contribution is -2.18. The molecule has 4 aliphatic rings. The number of hydrogen-bond acceptors (Lipinski definition) is 6. The zero-order valence-corrected chi connectivity index (χ0v) is 41.8. The van der Waals surface area contributed by atoms with Crippen LogP contribution in [-0.4, -0.2) is 0 Å². The van der Waals surface area contributed by atoms with E-state index in [0.717, 1.165) is 67.5 Å². The molecule has 0 unspecified atom stereocenters. The maximum absolute atomic E-state index is 6.59. The molecule has 0 saturated heterocycles.